The molecule has 0 aliphatic rings. The SMILES string of the molecule is COc1ccc(C(=O)O)cc1/N=N/c1c(O)c(C(=O)Nc2ccc(Cl)cc2C)cc2ccccc12. The summed E-state index contributed by atoms with van der Waals surface area (Å²) in [5.41, 5.74) is 1.52. The van der Waals surface area contributed by atoms with Crippen molar-refractivity contribution in [2.45, 2.75) is 6.92 Å². The summed E-state index contributed by atoms with van der Waals surface area (Å²) in [5, 5.41) is 33.2. The molecule has 35 heavy (non-hydrogen) atoms. The van der Waals surface area contributed by atoms with Crippen LogP contribution in [0.4, 0.5) is 17.1 Å². The minimum atomic E-state index is -1.13. The molecule has 0 spiro atoms. The maximum absolute atomic E-state index is 13.1. The topological polar surface area (TPSA) is 121 Å². The van der Waals surface area contributed by atoms with Crippen LogP contribution in [-0.4, -0.2) is 29.2 Å². The van der Waals surface area contributed by atoms with Gasteiger partial charge in [0.15, 0.2) is 5.75 Å². The summed E-state index contributed by atoms with van der Waals surface area (Å²) in [6, 6.07) is 17.9. The van der Waals surface area contributed by atoms with Crippen molar-refractivity contribution >= 4 is 51.3 Å². The first-order valence-corrected chi connectivity index (χ1v) is 10.8. The lowest BCUT2D eigenvalue weighted by atomic mass is 10.0. The Kier molecular flexibility index (Phi) is 6.66. The molecule has 0 bridgehead atoms. The number of carboxylic acids is 1. The monoisotopic (exact) mass is 489 g/mol. The number of nitrogens with one attached hydrogen (secondary N) is 1. The normalized spacial score (nSPS) is 11.1. The fourth-order valence-corrected chi connectivity index (χ4v) is 3.78. The van der Waals surface area contributed by atoms with Crippen LogP contribution < -0.4 is 10.1 Å². The van der Waals surface area contributed by atoms with Gasteiger partial charge in [-0.15, -0.1) is 10.2 Å². The van der Waals surface area contributed by atoms with Gasteiger partial charge in [-0.2, -0.15) is 0 Å². The van der Waals surface area contributed by atoms with Crippen molar-refractivity contribution in [3.05, 3.63) is 88.4 Å². The molecule has 0 fully saturated rings. The predicted molar refractivity (Wildman–Crippen MR) is 134 cm³/mol. The number of hydrogen-bond donors (Lipinski definition) is 3. The second-order valence-electron chi connectivity index (χ2n) is 7.65. The van der Waals surface area contributed by atoms with Gasteiger partial charge in [0.25, 0.3) is 5.91 Å². The van der Waals surface area contributed by atoms with E-state index in [1.54, 1.807) is 55.5 Å². The largest absolute Gasteiger partial charge is 0.505 e. The molecule has 4 aromatic rings. The van der Waals surface area contributed by atoms with Crippen LogP contribution in [0, 0.1) is 6.92 Å². The number of carboxylic acid groups (broad SMARTS) is 1. The Morgan fingerprint density at radius 1 is 1.00 bits per heavy atom. The molecule has 0 aromatic heterocycles. The molecule has 1 amide bonds. The number of amides is 1. The molecule has 4 aromatic carbocycles. The highest BCUT2D eigenvalue weighted by molar-refractivity contribution is 6.30. The number of carbonyl (C=O) groups excluding carboxylic acids is 1. The summed E-state index contributed by atoms with van der Waals surface area (Å²) in [4.78, 5) is 24.5. The van der Waals surface area contributed by atoms with Crippen LogP contribution >= 0.6 is 11.6 Å². The average Bonchev–Trinajstić information content (AvgIpc) is 2.84. The number of rotatable bonds is 6. The molecular weight excluding hydrogens is 470 g/mol. The first-order valence-electron chi connectivity index (χ1n) is 10.4. The molecular formula is C26H20ClN3O5. The number of methoxy groups -OCH3 is 1. The number of phenolic OH excluding ortho intramolecular Hbond substituents is 1. The van der Waals surface area contributed by atoms with Gasteiger partial charge in [-0.05, 0) is 60.3 Å². The van der Waals surface area contributed by atoms with Crippen LogP contribution in [0.15, 0.2) is 77.0 Å². The Morgan fingerprint density at radius 3 is 2.49 bits per heavy atom. The number of fused-ring (bicyclic) bond motifs is 1. The van der Waals surface area contributed by atoms with Crippen LogP contribution in [-0.2, 0) is 0 Å². The van der Waals surface area contributed by atoms with Gasteiger partial charge in [-0.3, -0.25) is 4.79 Å². The fourth-order valence-electron chi connectivity index (χ4n) is 3.55. The number of ether oxygens (including phenoxy) is 1. The molecule has 0 saturated heterocycles. The van der Waals surface area contributed by atoms with Crippen LogP contribution in [0.5, 0.6) is 11.5 Å². The van der Waals surface area contributed by atoms with Crippen molar-refractivity contribution in [1.82, 2.24) is 0 Å². The third kappa shape index (κ3) is 4.92. The first kappa shape index (κ1) is 23.7. The smallest absolute Gasteiger partial charge is 0.335 e. The van der Waals surface area contributed by atoms with E-state index in [0.29, 0.717) is 27.2 Å². The third-order valence-electron chi connectivity index (χ3n) is 5.36. The number of phenols is 1. The molecule has 0 aliphatic carbocycles. The highest BCUT2D eigenvalue weighted by Crippen LogP contribution is 2.40. The zero-order valence-electron chi connectivity index (χ0n) is 18.7. The predicted octanol–water partition coefficient (Wildman–Crippen LogP) is 6.88. The zero-order chi connectivity index (χ0) is 25.1. The van der Waals surface area contributed by atoms with Crippen molar-refractivity contribution in [1.29, 1.82) is 0 Å². The number of aromatic carboxylic acids is 1. The van der Waals surface area contributed by atoms with E-state index in [1.807, 2.05) is 0 Å². The van der Waals surface area contributed by atoms with Crippen molar-refractivity contribution in [2.75, 3.05) is 12.4 Å². The lowest BCUT2D eigenvalue weighted by molar-refractivity contribution is 0.0696. The second kappa shape index (κ2) is 9.82. The van der Waals surface area contributed by atoms with Crippen molar-refractivity contribution < 1.29 is 24.5 Å². The van der Waals surface area contributed by atoms with E-state index in [2.05, 4.69) is 15.5 Å². The molecule has 9 heteroatoms. The van der Waals surface area contributed by atoms with E-state index >= 15 is 0 Å². The molecule has 0 atom stereocenters. The van der Waals surface area contributed by atoms with E-state index in [4.69, 9.17) is 16.3 Å². The van der Waals surface area contributed by atoms with Gasteiger partial charge in [0.1, 0.15) is 17.1 Å². The second-order valence-corrected chi connectivity index (χ2v) is 8.08. The molecule has 4 rings (SSSR count). The van der Waals surface area contributed by atoms with E-state index < -0.39 is 11.9 Å². The molecule has 3 N–H and O–H groups in total. The van der Waals surface area contributed by atoms with E-state index in [0.717, 1.165) is 5.56 Å². The Morgan fingerprint density at radius 2 is 1.77 bits per heavy atom. The molecule has 0 aliphatic heterocycles. The Balaban J connectivity index is 1.80. The Labute approximate surface area is 205 Å². The lowest BCUT2D eigenvalue weighted by Gasteiger charge is -2.13. The summed E-state index contributed by atoms with van der Waals surface area (Å²) in [7, 11) is 1.42. The summed E-state index contributed by atoms with van der Waals surface area (Å²) in [6.45, 7) is 1.81. The van der Waals surface area contributed by atoms with Crippen molar-refractivity contribution in [3.63, 3.8) is 0 Å². The number of halogens is 1. The van der Waals surface area contributed by atoms with Gasteiger partial charge in [-0.1, -0.05) is 35.9 Å². The molecule has 0 radical (unpaired) electrons. The van der Waals surface area contributed by atoms with Crippen molar-refractivity contribution in [3.8, 4) is 11.5 Å². The van der Waals surface area contributed by atoms with E-state index in [-0.39, 0.29) is 28.3 Å². The minimum Gasteiger partial charge on any atom is -0.505 e. The van der Waals surface area contributed by atoms with Crippen LogP contribution in [0.1, 0.15) is 26.3 Å². The third-order valence-corrected chi connectivity index (χ3v) is 5.60. The number of anilines is 1. The quantitative estimate of drug-likeness (QED) is 0.255. The Hall–Kier alpha value is -4.43. The van der Waals surface area contributed by atoms with Gasteiger partial charge in [0, 0.05) is 16.1 Å². The number of benzene rings is 4. The lowest BCUT2D eigenvalue weighted by Crippen LogP contribution is -2.13. The van der Waals surface area contributed by atoms with Crippen molar-refractivity contribution in [2.24, 2.45) is 10.2 Å². The number of nitrogens with zero attached hydrogens (tertiary/aromatic N) is 2. The van der Waals surface area contributed by atoms with Gasteiger partial charge < -0.3 is 20.3 Å². The fraction of sp³-hybridized carbons (Fsp3) is 0.0769. The molecule has 8 nitrogen and oxygen atoms in total. The summed E-state index contributed by atoms with van der Waals surface area (Å²) in [6.07, 6.45) is 0. The highest BCUT2D eigenvalue weighted by Gasteiger charge is 2.19. The van der Waals surface area contributed by atoms with Gasteiger partial charge in [0.2, 0.25) is 0 Å². The van der Waals surface area contributed by atoms with E-state index in [9.17, 15) is 19.8 Å². The first-order chi connectivity index (χ1) is 16.8. The summed E-state index contributed by atoms with van der Waals surface area (Å²) in [5.74, 6) is -1.74. The maximum atomic E-state index is 13.1. The summed E-state index contributed by atoms with van der Waals surface area (Å²) >= 11 is 6.00. The minimum absolute atomic E-state index is 0.000271. The standard InChI is InChI=1S/C26H20ClN3O5/c1-14-11-17(27)8-9-20(14)28-25(32)19-12-15-5-3-4-6-18(15)23(24(19)31)30-29-21-13-16(26(33)34)7-10-22(21)35-2/h3-13,31H,1-2H3,(H,28,32)(H,33,34)/b30-29+. The summed E-state index contributed by atoms with van der Waals surface area (Å²) < 4.78 is 5.25. The number of azo groups is 1. The number of hydrogen-bond acceptors (Lipinski definition) is 6. The highest BCUT2D eigenvalue weighted by atomic mass is 35.5. The molecule has 0 saturated carbocycles. The number of aryl methyl sites for hydroxylation is 1. The van der Waals surface area contributed by atoms with Crippen LogP contribution in [0.25, 0.3) is 10.8 Å². The zero-order valence-corrected chi connectivity index (χ0v) is 19.5. The molecule has 176 valence electrons. The maximum Gasteiger partial charge on any atom is 0.335 e. The van der Waals surface area contributed by atoms with Crippen LogP contribution in [0.2, 0.25) is 5.02 Å². The number of aromatic hydroxyl groups is 1. The number of carbonyl (C=O) groups is 2. The van der Waals surface area contributed by atoms with Crippen LogP contribution in [0.3, 0.4) is 0 Å². The van der Waals surface area contributed by atoms with Gasteiger partial charge in [-0.25, -0.2) is 4.79 Å². The average molecular weight is 490 g/mol. The Bertz CT molecular complexity index is 1500. The van der Waals surface area contributed by atoms with Gasteiger partial charge >= 0.3 is 5.97 Å². The van der Waals surface area contributed by atoms with E-state index in [1.165, 1.54) is 25.3 Å². The molecule has 0 heterocycles. The van der Waals surface area contributed by atoms with Gasteiger partial charge in [0.05, 0.1) is 18.2 Å². The molecule has 0 unspecified atom stereocenters.